The molecule has 2 N–H and O–H groups in total. The Morgan fingerprint density at radius 1 is 1.29 bits per heavy atom. The molecule has 0 radical (unpaired) electrons. The summed E-state index contributed by atoms with van der Waals surface area (Å²) in [4.78, 5) is 0. The van der Waals surface area contributed by atoms with Gasteiger partial charge in [0, 0.05) is 11.1 Å². The van der Waals surface area contributed by atoms with Crippen molar-refractivity contribution in [3.63, 3.8) is 0 Å². The molecule has 70 valence electrons. The van der Waals surface area contributed by atoms with Crippen LogP contribution in [-0.2, 0) is 0 Å². The minimum absolute atomic E-state index is 0.763. The van der Waals surface area contributed by atoms with Crippen molar-refractivity contribution in [2.45, 2.75) is 0 Å². The average Bonchev–Trinajstić information content (AvgIpc) is 2.68. The SMILES string of the molecule is ON=Cc1cn[nH]c1-c1ccccc1. The van der Waals surface area contributed by atoms with Crippen molar-refractivity contribution in [3.8, 4) is 11.3 Å². The highest BCUT2D eigenvalue weighted by Crippen LogP contribution is 2.18. The normalized spacial score (nSPS) is 10.9. The first-order valence-corrected chi connectivity index (χ1v) is 4.18. The van der Waals surface area contributed by atoms with Crippen molar-refractivity contribution >= 4 is 6.21 Å². The van der Waals surface area contributed by atoms with E-state index in [0.717, 1.165) is 16.8 Å². The van der Waals surface area contributed by atoms with Gasteiger partial charge in [-0.15, -0.1) is 0 Å². The fraction of sp³-hybridized carbons (Fsp3) is 0. The second-order valence-corrected chi connectivity index (χ2v) is 2.81. The average molecular weight is 187 g/mol. The Labute approximate surface area is 80.9 Å². The van der Waals surface area contributed by atoms with Crippen molar-refractivity contribution in [1.29, 1.82) is 0 Å². The van der Waals surface area contributed by atoms with Gasteiger partial charge in [0.25, 0.3) is 0 Å². The molecule has 2 aromatic rings. The molecule has 0 amide bonds. The lowest BCUT2D eigenvalue weighted by Gasteiger charge is -1.97. The smallest absolute Gasteiger partial charge is 0.0771 e. The number of nitrogens with one attached hydrogen (secondary N) is 1. The predicted octanol–water partition coefficient (Wildman–Crippen LogP) is 1.88. The molecule has 1 aromatic heterocycles. The van der Waals surface area contributed by atoms with Crippen LogP contribution in [0.3, 0.4) is 0 Å². The molecule has 4 nitrogen and oxygen atoms in total. The van der Waals surface area contributed by atoms with E-state index in [1.165, 1.54) is 6.21 Å². The van der Waals surface area contributed by atoms with Crippen molar-refractivity contribution in [3.05, 3.63) is 42.1 Å². The van der Waals surface area contributed by atoms with Crippen molar-refractivity contribution < 1.29 is 5.21 Å². The van der Waals surface area contributed by atoms with Gasteiger partial charge in [-0.3, -0.25) is 5.10 Å². The van der Waals surface area contributed by atoms with Gasteiger partial charge < -0.3 is 5.21 Å². The summed E-state index contributed by atoms with van der Waals surface area (Å²) in [7, 11) is 0. The number of hydrogen-bond acceptors (Lipinski definition) is 3. The highest BCUT2D eigenvalue weighted by Gasteiger charge is 2.04. The van der Waals surface area contributed by atoms with E-state index in [9.17, 15) is 0 Å². The Kier molecular flexibility index (Phi) is 2.27. The van der Waals surface area contributed by atoms with Gasteiger partial charge in [-0.05, 0) is 0 Å². The summed E-state index contributed by atoms with van der Waals surface area (Å²) >= 11 is 0. The van der Waals surface area contributed by atoms with Crippen LogP contribution in [0.4, 0.5) is 0 Å². The summed E-state index contributed by atoms with van der Waals surface area (Å²) in [5, 5.41) is 18.2. The van der Waals surface area contributed by atoms with Gasteiger partial charge in [0.2, 0.25) is 0 Å². The summed E-state index contributed by atoms with van der Waals surface area (Å²) in [5.74, 6) is 0. The van der Waals surface area contributed by atoms with E-state index < -0.39 is 0 Å². The lowest BCUT2D eigenvalue weighted by Crippen LogP contribution is -1.84. The standard InChI is InChI=1S/C10H9N3O/c14-12-7-9-6-11-13-10(9)8-4-2-1-3-5-8/h1-7,14H,(H,11,13). The number of H-pyrrole nitrogens is 1. The Hall–Kier alpha value is -2.10. The zero-order valence-electron chi connectivity index (χ0n) is 7.38. The van der Waals surface area contributed by atoms with Crippen LogP contribution in [0.1, 0.15) is 5.56 Å². The third-order valence-corrected chi connectivity index (χ3v) is 1.93. The number of aromatic nitrogens is 2. The summed E-state index contributed by atoms with van der Waals surface area (Å²) in [6.45, 7) is 0. The first kappa shape index (κ1) is 8.50. The number of aromatic amines is 1. The van der Waals surface area contributed by atoms with E-state index in [0.29, 0.717) is 0 Å². The van der Waals surface area contributed by atoms with Crippen LogP contribution in [0.2, 0.25) is 0 Å². The van der Waals surface area contributed by atoms with Gasteiger partial charge in [0.15, 0.2) is 0 Å². The summed E-state index contributed by atoms with van der Waals surface area (Å²) in [6.07, 6.45) is 2.97. The number of hydrogen-bond donors (Lipinski definition) is 2. The number of benzene rings is 1. The van der Waals surface area contributed by atoms with Crippen LogP contribution in [-0.4, -0.2) is 21.6 Å². The number of nitrogens with zero attached hydrogens (tertiary/aromatic N) is 2. The number of rotatable bonds is 2. The van der Waals surface area contributed by atoms with Crippen LogP contribution < -0.4 is 0 Å². The maximum atomic E-state index is 8.44. The molecule has 0 atom stereocenters. The summed E-state index contributed by atoms with van der Waals surface area (Å²) in [6, 6.07) is 9.75. The Morgan fingerprint density at radius 3 is 2.79 bits per heavy atom. The van der Waals surface area contributed by atoms with E-state index in [1.54, 1.807) is 6.20 Å². The van der Waals surface area contributed by atoms with Crippen molar-refractivity contribution in [1.82, 2.24) is 10.2 Å². The fourth-order valence-corrected chi connectivity index (χ4v) is 1.29. The molecule has 1 heterocycles. The monoisotopic (exact) mass is 187 g/mol. The third kappa shape index (κ3) is 1.50. The van der Waals surface area contributed by atoms with Crippen molar-refractivity contribution in [2.24, 2.45) is 5.16 Å². The second-order valence-electron chi connectivity index (χ2n) is 2.81. The highest BCUT2D eigenvalue weighted by atomic mass is 16.4. The Bertz CT molecular complexity index is 434. The van der Waals surface area contributed by atoms with Crippen LogP contribution in [0.15, 0.2) is 41.7 Å². The largest absolute Gasteiger partial charge is 0.411 e. The topological polar surface area (TPSA) is 61.3 Å². The molecule has 0 aliphatic rings. The fourth-order valence-electron chi connectivity index (χ4n) is 1.29. The highest BCUT2D eigenvalue weighted by molar-refractivity contribution is 5.87. The maximum Gasteiger partial charge on any atom is 0.0771 e. The first-order valence-electron chi connectivity index (χ1n) is 4.18. The molecule has 0 fully saturated rings. The molecule has 4 heteroatoms. The zero-order chi connectivity index (χ0) is 9.80. The Balaban J connectivity index is 2.47. The van der Waals surface area contributed by atoms with Gasteiger partial charge >= 0.3 is 0 Å². The maximum absolute atomic E-state index is 8.44. The third-order valence-electron chi connectivity index (χ3n) is 1.93. The van der Waals surface area contributed by atoms with E-state index in [2.05, 4.69) is 15.4 Å². The second kappa shape index (κ2) is 3.74. The number of oxime groups is 1. The molecule has 0 aliphatic heterocycles. The van der Waals surface area contributed by atoms with Crippen LogP contribution >= 0.6 is 0 Å². The quantitative estimate of drug-likeness (QED) is 0.428. The lowest BCUT2D eigenvalue weighted by molar-refractivity contribution is 0.322. The van der Waals surface area contributed by atoms with Crippen LogP contribution in [0.5, 0.6) is 0 Å². The molecule has 0 saturated heterocycles. The Morgan fingerprint density at radius 2 is 2.07 bits per heavy atom. The van der Waals surface area contributed by atoms with E-state index in [4.69, 9.17) is 5.21 Å². The van der Waals surface area contributed by atoms with Crippen LogP contribution in [0, 0.1) is 0 Å². The molecule has 0 spiro atoms. The lowest BCUT2D eigenvalue weighted by atomic mass is 10.1. The van der Waals surface area contributed by atoms with Gasteiger partial charge in [-0.25, -0.2) is 0 Å². The molecular formula is C10H9N3O. The predicted molar refractivity (Wildman–Crippen MR) is 53.4 cm³/mol. The van der Waals surface area contributed by atoms with Gasteiger partial charge in [-0.1, -0.05) is 35.5 Å². The summed E-state index contributed by atoms with van der Waals surface area (Å²) < 4.78 is 0. The molecule has 1 aromatic carbocycles. The van der Waals surface area contributed by atoms with E-state index in [-0.39, 0.29) is 0 Å². The first-order chi connectivity index (χ1) is 6.92. The van der Waals surface area contributed by atoms with Gasteiger partial charge in [0.05, 0.1) is 18.1 Å². The minimum atomic E-state index is 0.763. The van der Waals surface area contributed by atoms with E-state index in [1.807, 2.05) is 30.3 Å². The molecule has 0 unspecified atom stereocenters. The molecule has 0 aliphatic carbocycles. The molecule has 0 bridgehead atoms. The van der Waals surface area contributed by atoms with Gasteiger partial charge in [0.1, 0.15) is 0 Å². The minimum Gasteiger partial charge on any atom is -0.411 e. The zero-order valence-corrected chi connectivity index (χ0v) is 7.38. The van der Waals surface area contributed by atoms with Gasteiger partial charge in [-0.2, -0.15) is 5.10 Å². The summed E-state index contributed by atoms with van der Waals surface area (Å²) in [5.41, 5.74) is 2.63. The molecule has 14 heavy (non-hydrogen) atoms. The van der Waals surface area contributed by atoms with Crippen LogP contribution in [0.25, 0.3) is 11.3 Å². The van der Waals surface area contributed by atoms with E-state index >= 15 is 0 Å². The molecule has 0 saturated carbocycles. The molecule has 2 rings (SSSR count). The van der Waals surface area contributed by atoms with Crippen molar-refractivity contribution in [2.75, 3.05) is 0 Å². The molecular weight excluding hydrogens is 178 g/mol.